The summed E-state index contributed by atoms with van der Waals surface area (Å²) in [5.74, 6) is 0.355. The fourth-order valence-electron chi connectivity index (χ4n) is 2.00. The molecule has 124 valence electrons. The zero-order valence-electron chi connectivity index (χ0n) is 13.1. The quantitative estimate of drug-likeness (QED) is 0.780. The molecule has 0 radical (unpaired) electrons. The number of ether oxygens (including phenoxy) is 1. The molecule has 0 saturated carbocycles. The molecule has 23 heavy (non-hydrogen) atoms. The van der Waals surface area contributed by atoms with E-state index in [0.29, 0.717) is 17.3 Å². The predicted octanol–water partition coefficient (Wildman–Crippen LogP) is 1.60. The van der Waals surface area contributed by atoms with Crippen LogP contribution >= 0.6 is 0 Å². The highest BCUT2D eigenvalue weighted by atomic mass is 19.1. The molecule has 0 bridgehead atoms. The number of aliphatic hydroxyl groups is 1. The first-order chi connectivity index (χ1) is 10.8. The van der Waals surface area contributed by atoms with Gasteiger partial charge in [-0.25, -0.2) is 13.9 Å². The zero-order valence-corrected chi connectivity index (χ0v) is 13.1. The average molecular weight is 322 g/mol. The van der Waals surface area contributed by atoms with Gasteiger partial charge < -0.3 is 15.2 Å². The molecule has 0 fully saturated rings. The van der Waals surface area contributed by atoms with Crippen LogP contribution in [-0.2, 0) is 12.6 Å². The van der Waals surface area contributed by atoms with Crippen LogP contribution in [0, 0.1) is 5.82 Å². The molecule has 1 aromatic carbocycles. The number of rotatable bonds is 5. The van der Waals surface area contributed by atoms with Gasteiger partial charge in [0.2, 0.25) is 5.88 Å². The second-order valence-electron chi connectivity index (χ2n) is 5.29. The fraction of sp³-hybridized carbons (Fsp3) is 0.333. The molecule has 2 aromatic rings. The maximum atomic E-state index is 13.2. The Labute approximate surface area is 133 Å². The molecule has 7 nitrogen and oxygen atoms in total. The van der Waals surface area contributed by atoms with E-state index in [1.807, 2.05) is 0 Å². The molecular weight excluding hydrogens is 303 g/mol. The van der Waals surface area contributed by atoms with E-state index in [1.54, 1.807) is 19.2 Å². The summed E-state index contributed by atoms with van der Waals surface area (Å²) in [5.41, 5.74) is -1.02. The summed E-state index contributed by atoms with van der Waals surface area (Å²) >= 11 is 0. The minimum atomic E-state index is -1.40. The number of hydrogen-bond acceptors (Lipinski definition) is 4. The maximum Gasteiger partial charge on any atom is 0.320 e. The summed E-state index contributed by atoms with van der Waals surface area (Å²) in [7, 11) is 3.13. The number of halogens is 1. The molecule has 0 aliphatic heterocycles. The van der Waals surface area contributed by atoms with Gasteiger partial charge in [0, 0.05) is 13.1 Å². The predicted molar refractivity (Wildman–Crippen MR) is 82.8 cm³/mol. The van der Waals surface area contributed by atoms with Crippen LogP contribution < -0.4 is 15.4 Å². The van der Waals surface area contributed by atoms with Crippen LogP contribution in [0.2, 0.25) is 0 Å². The molecule has 0 spiro atoms. The number of amides is 2. The first-order valence-corrected chi connectivity index (χ1v) is 6.93. The lowest BCUT2D eigenvalue weighted by atomic mass is 9.96. The van der Waals surface area contributed by atoms with E-state index in [-0.39, 0.29) is 6.54 Å². The molecule has 2 amide bonds. The van der Waals surface area contributed by atoms with E-state index in [0.717, 1.165) is 0 Å². The maximum absolute atomic E-state index is 13.2. The number of aryl methyl sites for hydroxylation is 1. The Hall–Kier alpha value is -2.61. The Morgan fingerprint density at radius 1 is 1.48 bits per heavy atom. The lowest BCUT2D eigenvalue weighted by Gasteiger charge is -2.24. The summed E-state index contributed by atoms with van der Waals surface area (Å²) in [6.07, 6.45) is 0. The van der Waals surface area contributed by atoms with E-state index < -0.39 is 17.4 Å². The summed E-state index contributed by atoms with van der Waals surface area (Å²) in [4.78, 5) is 11.9. The number of benzene rings is 1. The van der Waals surface area contributed by atoms with Gasteiger partial charge in [0.15, 0.2) is 0 Å². The van der Waals surface area contributed by atoms with Crippen molar-refractivity contribution in [1.29, 1.82) is 0 Å². The Bertz CT molecular complexity index is 700. The smallest absolute Gasteiger partial charge is 0.320 e. The Balaban J connectivity index is 1.96. The van der Waals surface area contributed by atoms with Gasteiger partial charge >= 0.3 is 6.03 Å². The fourth-order valence-corrected chi connectivity index (χ4v) is 2.00. The largest absolute Gasteiger partial charge is 0.480 e. The van der Waals surface area contributed by atoms with E-state index in [2.05, 4.69) is 15.7 Å². The molecule has 1 aromatic heterocycles. The third-order valence-corrected chi connectivity index (χ3v) is 3.35. The first kappa shape index (κ1) is 16.8. The van der Waals surface area contributed by atoms with Gasteiger partial charge in [0.25, 0.3) is 0 Å². The second kappa shape index (κ2) is 6.66. The van der Waals surface area contributed by atoms with Crippen molar-refractivity contribution < 1.29 is 19.0 Å². The zero-order chi connectivity index (χ0) is 17.0. The van der Waals surface area contributed by atoms with Gasteiger partial charge in [0.05, 0.1) is 13.7 Å². The van der Waals surface area contributed by atoms with Crippen molar-refractivity contribution >= 4 is 11.8 Å². The Morgan fingerprint density at radius 2 is 2.22 bits per heavy atom. The van der Waals surface area contributed by atoms with E-state index in [1.165, 1.54) is 36.9 Å². The van der Waals surface area contributed by atoms with Gasteiger partial charge in [-0.2, -0.15) is 0 Å². The van der Waals surface area contributed by atoms with Crippen molar-refractivity contribution in [3.05, 3.63) is 41.7 Å². The highest BCUT2D eigenvalue weighted by molar-refractivity contribution is 5.88. The summed E-state index contributed by atoms with van der Waals surface area (Å²) in [6, 6.07) is 6.65. The molecule has 1 atom stereocenters. The van der Waals surface area contributed by atoms with Crippen molar-refractivity contribution in [2.45, 2.75) is 12.5 Å². The van der Waals surface area contributed by atoms with Gasteiger partial charge in [-0.15, -0.1) is 5.10 Å². The third-order valence-electron chi connectivity index (χ3n) is 3.35. The van der Waals surface area contributed by atoms with Crippen LogP contribution in [0.4, 0.5) is 15.0 Å². The molecule has 8 heteroatoms. The normalized spacial score (nSPS) is 13.3. The molecule has 2 rings (SSSR count). The van der Waals surface area contributed by atoms with Crippen LogP contribution in [0.3, 0.4) is 0 Å². The topological polar surface area (TPSA) is 88.4 Å². The number of nitrogens with zero attached hydrogens (tertiary/aromatic N) is 2. The van der Waals surface area contributed by atoms with Crippen molar-refractivity contribution in [3.8, 4) is 5.88 Å². The van der Waals surface area contributed by atoms with Gasteiger partial charge in [-0.05, 0) is 24.6 Å². The Morgan fingerprint density at radius 3 is 2.83 bits per heavy atom. The molecule has 3 N–H and O–H groups in total. The van der Waals surface area contributed by atoms with Gasteiger partial charge in [0.1, 0.15) is 17.2 Å². The number of carbonyl (C=O) groups is 1. The number of aromatic nitrogens is 2. The summed E-state index contributed by atoms with van der Waals surface area (Å²) in [5, 5.41) is 19.5. The van der Waals surface area contributed by atoms with Crippen molar-refractivity contribution in [3.63, 3.8) is 0 Å². The van der Waals surface area contributed by atoms with Gasteiger partial charge in [-0.1, -0.05) is 12.1 Å². The molecule has 0 saturated heterocycles. The standard InChI is InChI=1S/C15H19FN4O3/c1-15(22,10-5-4-6-11(16)7-10)9-17-14(21)18-12-8-13(23-3)19-20(12)2/h4-8,22H,9H2,1-3H3,(H2,17,18,21). The molecular formula is C15H19FN4O3. The number of methoxy groups -OCH3 is 1. The van der Waals surface area contributed by atoms with Crippen LogP contribution in [-0.4, -0.2) is 34.6 Å². The number of anilines is 1. The number of urea groups is 1. The molecule has 0 aliphatic carbocycles. The lowest BCUT2D eigenvalue weighted by molar-refractivity contribution is 0.0596. The number of carbonyl (C=O) groups excluding carboxylic acids is 1. The summed E-state index contributed by atoms with van der Waals surface area (Å²) in [6.45, 7) is 1.41. The van der Waals surface area contributed by atoms with Crippen LogP contribution in [0.25, 0.3) is 0 Å². The molecule has 0 aliphatic rings. The lowest BCUT2D eigenvalue weighted by Crippen LogP contribution is -2.40. The van der Waals surface area contributed by atoms with Crippen LogP contribution in [0.5, 0.6) is 5.88 Å². The Kier molecular flexibility index (Phi) is 4.85. The van der Waals surface area contributed by atoms with Crippen LogP contribution in [0.15, 0.2) is 30.3 Å². The third kappa shape index (κ3) is 4.19. The monoisotopic (exact) mass is 322 g/mol. The van der Waals surface area contributed by atoms with E-state index in [9.17, 15) is 14.3 Å². The average Bonchev–Trinajstić information content (AvgIpc) is 2.86. The highest BCUT2D eigenvalue weighted by Crippen LogP contribution is 2.20. The highest BCUT2D eigenvalue weighted by Gasteiger charge is 2.24. The number of hydrogen-bond donors (Lipinski definition) is 3. The minimum Gasteiger partial charge on any atom is -0.480 e. The molecule has 1 heterocycles. The van der Waals surface area contributed by atoms with E-state index in [4.69, 9.17) is 4.74 Å². The van der Waals surface area contributed by atoms with Crippen LogP contribution in [0.1, 0.15) is 12.5 Å². The number of nitrogens with one attached hydrogen (secondary N) is 2. The van der Waals surface area contributed by atoms with Gasteiger partial charge in [-0.3, -0.25) is 5.32 Å². The SMILES string of the molecule is COc1cc(NC(=O)NCC(C)(O)c2cccc(F)c2)n(C)n1. The van der Waals surface area contributed by atoms with E-state index >= 15 is 0 Å². The van der Waals surface area contributed by atoms with Crippen molar-refractivity contribution in [2.75, 3.05) is 19.0 Å². The first-order valence-electron chi connectivity index (χ1n) is 6.93. The summed E-state index contributed by atoms with van der Waals surface area (Å²) < 4.78 is 19.6. The molecule has 1 unspecified atom stereocenters. The second-order valence-corrected chi connectivity index (χ2v) is 5.29. The van der Waals surface area contributed by atoms with Crippen molar-refractivity contribution in [1.82, 2.24) is 15.1 Å². The minimum absolute atomic E-state index is 0.0860. The van der Waals surface area contributed by atoms with Crippen molar-refractivity contribution in [2.24, 2.45) is 7.05 Å².